The summed E-state index contributed by atoms with van der Waals surface area (Å²) in [6, 6.07) is 7.92. The lowest BCUT2D eigenvalue weighted by atomic mass is 10.2. The van der Waals surface area contributed by atoms with Gasteiger partial charge in [-0.15, -0.1) is 0 Å². The lowest BCUT2D eigenvalue weighted by molar-refractivity contribution is -0.122. The van der Waals surface area contributed by atoms with E-state index in [9.17, 15) is 14.7 Å². The molecule has 1 aromatic rings. The Balaban J connectivity index is 0.00000324. The van der Waals surface area contributed by atoms with Crippen LogP contribution in [0.4, 0.5) is 4.79 Å². The smallest absolute Gasteiger partial charge is 0.408 e. The van der Waals surface area contributed by atoms with Gasteiger partial charge >= 0.3 is 6.09 Å². The van der Waals surface area contributed by atoms with Gasteiger partial charge in [-0.1, -0.05) is 30.3 Å². The van der Waals surface area contributed by atoms with Gasteiger partial charge in [0.25, 0.3) is 0 Å². The molecule has 1 aromatic carbocycles. The van der Waals surface area contributed by atoms with Crippen LogP contribution in [0.1, 0.15) is 12.5 Å². The number of primary amides is 1. The lowest BCUT2D eigenvalue weighted by Crippen LogP contribution is -2.50. The first-order valence-corrected chi connectivity index (χ1v) is 5.45. The van der Waals surface area contributed by atoms with Crippen LogP contribution in [0.2, 0.25) is 0 Å². The molecular weight excluding hydrogens is 252 g/mol. The Kier molecular flexibility index (Phi) is 7.16. The average molecular weight is 270 g/mol. The number of benzene rings is 1. The third-order valence-electron chi connectivity index (χ3n) is 2.28. The zero-order valence-corrected chi connectivity index (χ0v) is 10.5. The van der Waals surface area contributed by atoms with Crippen molar-refractivity contribution in [3.05, 3.63) is 35.9 Å². The highest BCUT2D eigenvalue weighted by Gasteiger charge is 2.23. The molecule has 0 aromatic heterocycles. The Labute approximate surface area is 110 Å². The number of alkyl carbamates (subject to hydrolysis) is 1. The minimum atomic E-state index is -1.16. The largest absolute Gasteiger partial charge is 0.445 e. The standard InChI is InChI=1S/C12H16N2O4.H2O/c1-8(15)10(11(13)16)14-12(17)18-7-9-5-3-2-4-6-9;/h2-6,8,10,15H,7H2,1H3,(H2,13,16)(H,14,17);1H2/t8?,10-;/m0./s1. The second-order valence-corrected chi connectivity index (χ2v) is 3.83. The quantitative estimate of drug-likeness (QED) is 0.653. The Morgan fingerprint density at radius 1 is 1.37 bits per heavy atom. The number of nitrogens with two attached hydrogens (primary N) is 1. The van der Waals surface area contributed by atoms with Gasteiger partial charge in [0.15, 0.2) is 0 Å². The van der Waals surface area contributed by atoms with E-state index in [0.717, 1.165) is 5.56 Å². The summed E-state index contributed by atoms with van der Waals surface area (Å²) in [6.45, 7) is 1.44. The first kappa shape index (κ1) is 16.9. The molecule has 1 rings (SSSR count). The molecule has 19 heavy (non-hydrogen) atoms. The minimum Gasteiger partial charge on any atom is -0.445 e. The van der Waals surface area contributed by atoms with Crippen molar-refractivity contribution in [2.75, 3.05) is 0 Å². The van der Waals surface area contributed by atoms with Crippen molar-refractivity contribution < 1.29 is 24.9 Å². The van der Waals surface area contributed by atoms with Crippen molar-refractivity contribution in [3.63, 3.8) is 0 Å². The van der Waals surface area contributed by atoms with E-state index in [-0.39, 0.29) is 12.1 Å². The molecule has 0 spiro atoms. The second-order valence-electron chi connectivity index (χ2n) is 3.83. The number of aliphatic hydroxyl groups is 1. The zero-order chi connectivity index (χ0) is 13.5. The van der Waals surface area contributed by atoms with E-state index in [1.165, 1.54) is 6.92 Å². The predicted octanol–water partition coefficient (Wildman–Crippen LogP) is -0.677. The van der Waals surface area contributed by atoms with E-state index in [1.54, 1.807) is 12.1 Å². The van der Waals surface area contributed by atoms with Gasteiger partial charge in [-0.25, -0.2) is 4.79 Å². The van der Waals surface area contributed by atoms with Crippen LogP contribution in [-0.4, -0.2) is 34.7 Å². The van der Waals surface area contributed by atoms with E-state index >= 15 is 0 Å². The Morgan fingerprint density at radius 2 is 1.95 bits per heavy atom. The molecule has 0 radical (unpaired) electrons. The molecule has 7 heteroatoms. The number of carbonyl (C=O) groups is 2. The van der Waals surface area contributed by atoms with Crippen LogP contribution in [0.3, 0.4) is 0 Å². The van der Waals surface area contributed by atoms with E-state index in [1.807, 2.05) is 18.2 Å². The molecule has 0 aliphatic rings. The van der Waals surface area contributed by atoms with Crippen molar-refractivity contribution in [2.45, 2.75) is 25.7 Å². The van der Waals surface area contributed by atoms with Crippen LogP contribution in [0.25, 0.3) is 0 Å². The Morgan fingerprint density at radius 3 is 2.42 bits per heavy atom. The fourth-order valence-electron chi connectivity index (χ4n) is 1.32. The highest BCUT2D eigenvalue weighted by molar-refractivity contribution is 5.84. The summed E-state index contributed by atoms with van der Waals surface area (Å²) >= 11 is 0. The van der Waals surface area contributed by atoms with Gasteiger partial charge in [-0.05, 0) is 12.5 Å². The minimum absolute atomic E-state index is 0. The van der Waals surface area contributed by atoms with E-state index < -0.39 is 24.1 Å². The number of aliphatic hydroxyl groups excluding tert-OH is 1. The summed E-state index contributed by atoms with van der Waals surface area (Å²) in [5.41, 5.74) is 5.84. The first-order valence-electron chi connectivity index (χ1n) is 5.45. The van der Waals surface area contributed by atoms with Gasteiger partial charge in [0.1, 0.15) is 12.6 Å². The number of nitrogens with one attached hydrogen (secondary N) is 1. The zero-order valence-electron chi connectivity index (χ0n) is 10.5. The Hall–Kier alpha value is -2.12. The van der Waals surface area contributed by atoms with Crippen molar-refractivity contribution in [1.82, 2.24) is 5.32 Å². The van der Waals surface area contributed by atoms with Crippen molar-refractivity contribution >= 4 is 12.0 Å². The Bertz CT molecular complexity index is 408. The van der Waals surface area contributed by atoms with Crippen LogP contribution in [0.5, 0.6) is 0 Å². The monoisotopic (exact) mass is 270 g/mol. The van der Waals surface area contributed by atoms with Gasteiger partial charge in [0, 0.05) is 0 Å². The van der Waals surface area contributed by atoms with Gasteiger partial charge in [0.2, 0.25) is 5.91 Å². The predicted molar refractivity (Wildman–Crippen MR) is 68.0 cm³/mol. The summed E-state index contributed by atoms with van der Waals surface area (Å²) in [7, 11) is 0. The van der Waals surface area contributed by atoms with Gasteiger partial charge in [-0.3, -0.25) is 4.79 Å². The topological polar surface area (TPSA) is 133 Å². The molecule has 2 atom stereocenters. The molecule has 7 nitrogen and oxygen atoms in total. The maximum Gasteiger partial charge on any atom is 0.408 e. The number of hydrogen-bond acceptors (Lipinski definition) is 4. The van der Waals surface area contributed by atoms with E-state index in [2.05, 4.69) is 5.32 Å². The molecule has 0 heterocycles. The summed E-state index contributed by atoms with van der Waals surface area (Å²) in [5.74, 6) is -0.818. The van der Waals surface area contributed by atoms with Crippen LogP contribution in [0, 0.1) is 0 Å². The third-order valence-corrected chi connectivity index (χ3v) is 2.28. The summed E-state index contributed by atoms with van der Waals surface area (Å²) < 4.78 is 4.89. The average Bonchev–Trinajstić information content (AvgIpc) is 2.34. The summed E-state index contributed by atoms with van der Waals surface area (Å²) in [6.07, 6.45) is -1.88. The third kappa shape index (κ3) is 5.84. The molecular formula is C12H18N2O5. The van der Waals surface area contributed by atoms with Crippen LogP contribution < -0.4 is 11.1 Å². The number of hydrogen-bond donors (Lipinski definition) is 3. The van der Waals surface area contributed by atoms with Crippen LogP contribution in [0.15, 0.2) is 30.3 Å². The fourth-order valence-corrected chi connectivity index (χ4v) is 1.32. The molecule has 0 saturated carbocycles. The highest BCUT2D eigenvalue weighted by Crippen LogP contribution is 2.01. The van der Waals surface area contributed by atoms with Gasteiger partial charge in [0.05, 0.1) is 6.10 Å². The maximum atomic E-state index is 11.4. The first-order chi connectivity index (χ1) is 8.50. The summed E-state index contributed by atoms with van der Waals surface area (Å²) in [4.78, 5) is 22.3. The molecule has 2 amide bonds. The molecule has 0 bridgehead atoms. The highest BCUT2D eigenvalue weighted by atomic mass is 16.5. The molecule has 1 unspecified atom stereocenters. The van der Waals surface area contributed by atoms with Crippen molar-refractivity contribution in [1.29, 1.82) is 0 Å². The molecule has 0 aliphatic carbocycles. The molecule has 0 saturated heterocycles. The fraction of sp³-hybridized carbons (Fsp3) is 0.333. The second kappa shape index (κ2) is 8.06. The maximum absolute atomic E-state index is 11.4. The van der Waals surface area contributed by atoms with E-state index in [0.29, 0.717) is 0 Å². The molecule has 0 fully saturated rings. The number of ether oxygens (including phenoxy) is 1. The van der Waals surface area contributed by atoms with Crippen molar-refractivity contribution in [2.24, 2.45) is 5.73 Å². The number of rotatable bonds is 5. The molecule has 6 N–H and O–H groups in total. The van der Waals surface area contributed by atoms with Crippen LogP contribution in [-0.2, 0) is 16.1 Å². The molecule has 0 aliphatic heterocycles. The number of amides is 2. The number of carbonyl (C=O) groups excluding carboxylic acids is 2. The van der Waals surface area contributed by atoms with Crippen LogP contribution >= 0.6 is 0 Å². The van der Waals surface area contributed by atoms with Gasteiger partial charge < -0.3 is 26.4 Å². The van der Waals surface area contributed by atoms with Crippen molar-refractivity contribution in [3.8, 4) is 0 Å². The SMILES string of the molecule is CC(O)[C@H](NC(=O)OCc1ccccc1)C(N)=O.O. The molecule has 106 valence electrons. The summed E-state index contributed by atoms with van der Waals surface area (Å²) in [5, 5.41) is 11.4. The normalized spacial score (nSPS) is 12.7. The van der Waals surface area contributed by atoms with E-state index in [4.69, 9.17) is 10.5 Å². The lowest BCUT2D eigenvalue weighted by Gasteiger charge is -2.17. The van der Waals surface area contributed by atoms with Gasteiger partial charge in [-0.2, -0.15) is 0 Å².